The molecule has 0 radical (unpaired) electrons. The third-order valence-corrected chi connectivity index (χ3v) is 5.12. The zero-order valence-corrected chi connectivity index (χ0v) is 17.9. The third kappa shape index (κ3) is 5.20. The Bertz CT molecular complexity index is 1060. The number of hydrogen-bond acceptors (Lipinski definition) is 4. The molecule has 144 valence electrons. The van der Waals surface area contributed by atoms with Crippen molar-refractivity contribution >= 4 is 73.7 Å². The third-order valence-electron chi connectivity index (χ3n) is 3.59. The summed E-state index contributed by atoms with van der Waals surface area (Å²) in [7, 11) is 0. The van der Waals surface area contributed by atoms with Crippen LogP contribution in [0.25, 0.3) is 0 Å². The van der Waals surface area contributed by atoms with E-state index < -0.39 is 4.92 Å². The van der Waals surface area contributed by atoms with Gasteiger partial charge in [-0.2, -0.15) is 5.10 Å². The van der Waals surface area contributed by atoms with Crippen LogP contribution >= 0.6 is 51.3 Å². The summed E-state index contributed by atoms with van der Waals surface area (Å²) in [5.74, 6) is 0.503. The van der Waals surface area contributed by atoms with Gasteiger partial charge in [0.15, 0.2) is 10.9 Å². The summed E-state index contributed by atoms with van der Waals surface area (Å²) >= 11 is 20.7. The molecule has 0 spiro atoms. The predicted molar refractivity (Wildman–Crippen MR) is 118 cm³/mol. The first-order valence-electron chi connectivity index (χ1n) is 7.81. The molecule has 0 aliphatic heterocycles. The van der Waals surface area contributed by atoms with Crippen LogP contribution in [0.2, 0.25) is 10.0 Å². The van der Waals surface area contributed by atoms with Crippen molar-refractivity contribution in [3.63, 3.8) is 0 Å². The number of aromatic nitrogens is 2. The molecule has 0 aliphatic carbocycles. The molecule has 1 heterocycles. The number of nitro benzene ring substituents is 1. The number of nitro groups is 1. The SMILES string of the molecule is O=[N+]([O-])c1cccc(NC(=S)Nc2nn(Cc3ccc(Cl)c(Cl)c3)cc2Br)c1. The lowest BCUT2D eigenvalue weighted by Crippen LogP contribution is -2.19. The maximum Gasteiger partial charge on any atom is 0.271 e. The van der Waals surface area contributed by atoms with E-state index in [4.69, 9.17) is 35.4 Å². The highest BCUT2D eigenvalue weighted by atomic mass is 79.9. The molecule has 0 atom stereocenters. The van der Waals surface area contributed by atoms with Gasteiger partial charge in [0.05, 0.1) is 26.0 Å². The van der Waals surface area contributed by atoms with E-state index in [0.29, 0.717) is 32.6 Å². The molecule has 3 aromatic rings. The minimum Gasteiger partial charge on any atom is -0.332 e. The van der Waals surface area contributed by atoms with Gasteiger partial charge in [-0.15, -0.1) is 0 Å². The topological polar surface area (TPSA) is 85.0 Å². The number of nitrogens with one attached hydrogen (secondary N) is 2. The molecule has 1 aromatic heterocycles. The van der Waals surface area contributed by atoms with Gasteiger partial charge in [-0.3, -0.25) is 14.8 Å². The van der Waals surface area contributed by atoms with Crippen LogP contribution in [0, 0.1) is 10.1 Å². The van der Waals surface area contributed by atoms with Crippen molar-refractivity contribution in [1.82, 2.24) is 9.78 Å². The molecule has 3 rings (SSSR count). The Kier molecular flexibility index (Phi) is 6.50. The lowest BCUT2D eigenvalue weighted by atomic mass is 10.2. The molecular weight excluding hydrogens is 489 g/mol. The van der Waals surface area contributed by atoms with E-state index in [1.807, 2.05) is 6.07 Å². The molecule has 2 aromatic carbocycles. The molecule has 11 heteroatoms. The summed E-state index contributed by atoms with van der Waals surface area (Å²) < 4.78 is 2.41. The number of hydrogen-bond donors (Lipinski definition) is 2. The van der Waals surface area contributed by atoms with Gasteiger partial charge in [0, 0.05) is 24.0 Å². The molecule has 7 nitrogen and oxygen atoms in total. The molecular formula is C17H12BrCl2N5O2S. The summed E-state index contributed by atoms with van der Waals surface area (Å²) in [5, 5.41) is 22.4. The van der Waals surface area contributed by atoms with Gasteiger partial charge in [0.25, 0.3) is 5.69 Å². The molecule has 28 heavy (non-hydrogen) atoms. The van der Waals surface area contributed by atoms with Gasteiger partial charge < -0.3 is 10.6 Å². The number of nitrogens with zero attached hydrogens (tertiary/aromatic N) is 3. The summed E-state index contributed by atoms with van der Waals surface area (Å²) in [5.41, 5.74) is 1.41. The number of thiocarbonyl (C=S) groups is 1. The smallest absolute Gasteiger partial charge is 0.271 e. The van der Waals surface area contributed by atoms with Crippen LogP contribution in [0.3, 0.4) is 0 Å². The Labute approximate surface area is 183 Å². The maximum absolute atomic E-state index is 10.9. The van der Waals surface area contributed by atoms with E-state index in [-0.39, 0.29) is 10.8 Å². The van der Waals surface area contributed by atoms with Crippen molar-refractivity contribution in [2.24, 2.45) is 0 Å². The van der Waals surface area contributed by atoms with Crippen LogP contribution in [0.5, 0.6) is 0 Å². The molecule has 0 aliphatic rings. The lowest BCUT2D eigenvalue weighted by molar-refractivity contribution is -0.384. The first-order chi connectivity index (χ1) is 13.3. The fraction of sp³-hybridized carbons (Fsp3) is 0.0588. The van der Waals surface area contributed by atoms with Gasteiger partial charge in [0.1, 0.15) is 0 Å². The number of halogens is 3. The minimum atomic E-state index is -0.469. The average Bonchev–Trinajstić information content (AvgIpc) is 2.97. The Morgan fingerprint density at radius 3 is 2.71 bits per heavy atom. The number of anilines is 2. The Morgan fingerprint density at radius 2 is 2.00 bits per heavy atom. The zero-order valence-electron chi connectivity index (χ0n) is 14.0. The molecule has 0 saturated heterocycles. The van der Waals surface area contributed by atoms with E-state index in [2.05, 4.69) is 31.7 Å². The normalized spacial score (nSPS) is 10.5. The van der Waals surface area contributed by atoms with Gasteiger partial charge >= 0.3 is 0 Å². The summed E-state index contributed by atoms with van der Waals surface area (Å²) in [6, 6.07) is 11.4. The Balaban J connectivity index is 1.67. The van der Waals surface area contributed by atoms with E-state index in [1.165, 1.54) is 12.1 Å². The molecule has 0 fully saturated rings. The highest BCUT2D eigenvalue weighted by molar-refractivity contribution is 9.10. The summed E-state index contributed by atoms with van der Waals surface area (Å²) in [4.78, 5) is 10.4. The number of benzene rings is 2. The first-order valence-corrected chi connectivity index (χ1v) is 9.77. The van der Waals surface area contributed by atoms with Crippen LogP contribution in [0.4, 0.5) is 17.2 Å². The predicted octanol–water partition coefficient (Wildman–Crippen LogP) is 5.72. The highest BCUT2D eigenvalue weighted by Crippen LogP contribution is 2.25. The van der Waals surface area contributed by atoms with Crippen molar-refractivity contribution in [2.45, 2.75) is 6.54 Å². The van der Waals surface area contributed by atoms with E-state index in [0.717, 1.165) is 5.56 Å². The minimum absolute atomic E-state index is 0.0279. The molecule has 0 amide bonds. The van der Waals surface area contributed by atoms with Crippen molar-refractivity contribution in [3.8, 4) is 0 Å². The Hall–Kier alpha value is -2.20. The van der Waals surface area contributed by atoms with Crippen LogP contribution in [-0.4, -0.2) is 19.8 Å². The van der Waals surface area contributed by atoms with E-state index in [1.54, 1.807) is 35.1 Å². The van der Waals surface area contributed by atoms with Crippen LogP contribution in [-0.2, 0) is 6.54 Å². The monoisotopic (exact) mass is 499 g/mol. The number of rotatable bonds is 5. The van der Waals surface area contributed by atoms with Crippen molar-refractivity contribution < 1.29 is 4.92 Å². The molecule has 0 saturated carbocycles. The summed E-state index contributed by atoms with van der Waals surface area (Å²) in [6.07, 6.45) is 1.79. The van der Waals surface area contributed by atoms with Crippen LogP contribution in [0.1, 0.15) is 5.56 Å². The molecule has 0 bridgehead atoms. The zero-order chi connectivity index (χ0) is 20.3. The lowest BCUT2D eigenvalue weighted by Gasteiger charge is -2.09. The van der Waals surface area contributed by atoms with Gasteiger partial charge in [-0.1, -0.05) is 35.3 Å². The van der Waals surface area contributed by atoms with E-state index in [9.17, 15) is 10.1 Å². The van der Waals surface area contributed by atoms with Gasteiger partial charge in [-0.05, 0) is 51.9 Å². The average molecular weight is 501 g/mol. The van der Waals surface area contributed by atoms with Crippen LogP contribution < -0.4 is 10.6 Å². The van der Waals surface area contributed by atoms with Gasteiger partial charge in [-0.25, -0.2) is 0 Å². The van der Waals surface area contributed by atoms with Crippen molar-refractivity contribution in [1.29, 1.82) is 0 Å². The fourth-order valence-electron chi connectivity index (χ4n) is 2.35. The maximum atomic E-state index is 10.9. The Morgan fingerprint density at radius 1 is 1.21 bits per heavy atom. The first kappa shape index (κ1) is 20.5. The van der Waals surface area contributed by atoms with Crippen molar-refractivity contribution in [2.75, 3.05) is 10.6 Å². The van der Waals surface area contributed by atoms with Crippen LogP contribution in [0.15, 0.2) is 53.1 Å². The largest absolute Gasteiger partial charge is 0.332 e. The van der Waals surface area contributed by atoms with Crippen molar-refractivity contribution in [3.05, 3.63) is 78.9 Å². The second kappa shape index (κ2) is 8.87. The summed E-state index contributed by atoms with van der Waals surface area (Å²) in [6.45, 7) is 0.488. The fourth-order valence-corrected chi connectivity index (χ4v) is 3.30. The molecule has 2 N–H and O–H groups in total. The second-order valence-corrected chi connectivity index (χ2v) is 7.74. The van der Waals surface area contributed by atoms with Gasteiger partial charge in [0.2, 0.25) is 0 Å². The highest BCUT2D eigenvalue weighted by Gasteiger charge is 2.11. The quantitative estimate of drug-likeness (QED) is 0.265. The second-order valence-electron chi connectivity index (χ2n) is 5.66. The standard InChI is InChI=1S/C17H12BrCl2N5O2S/c18-13-9-24(8-10-4-5-14(19)15(20)6-10)23-16(13)22-17(28)21-11-2-1-3-12(7-11)25(26)27/h1-7,9H,8H2,(H2,21,22,23,28). The van der Waals surface area contributed by atoms with E-state index >= 15 is 0 Å². The number of non-ortho nitro benzene ring substituents is 1. The molecule has 0 unspecified atom stereocenters.